The molecule has 4 rings (SSSR count). The fourth-order valence-electron chi connectivity index (χ4n) is 3.32. The van der Waals surface area contributed by atoms with E-state index in [9.17, 15) is 24.1 Å². The number of ether oxygens (including phenoxy) is 1. The smallest absolute Gasteiger partial charge is 0.293 e. The first-order valence-corrected chi connectivity index (χ1v) is 12.5. The van der Waals surface area contributed by atoms with E-state index in [0.29, 0.717) is 20.3 Å². The Hall–Kier alpha value is -3.02. The van der Waals surface area contributed by atoms with Gasteiger partial charge in [-0.25, -0.2) is 4.39 Å². The van der Waals surface area contributed by atoms with Crippen molar-refractivity contribution >= 4 is 66.5 Å². The van der Waals surface area contributed by atoms with Crippen LogP contribution in [0.1, 0.15) is 16.7 Å². The molecule has 0 aromatic heterocycles. The van der Waals surface area contributed by atoms with Gasteiger partial charge in [-0.15, -0.1) is 0 Å². The van der Waals surface area contributed by atoms with Crippen molar-refractivity contribution in [3.05, 3.63) is 107 Å². The molecule has 0 N–H and O–H groups in total. The van der Waals surface area contributed by atoms with Crippen LogP contribution in [0.4, 0.5) is 14.9 Å². The number of benzene rings is 3. The lowest BCUT2D eigenvalue weighted by Gasteiger charge is -2.13. The van der Waals surface area contributed by atoms with Crippen LogP contribution in [0.3, 0.4) is 0 Å². The zero-order valence-electron chi connectivity index (χ0n) is 17.7. The largest absolute Gasteiger partial charge is 0.487 e. The van der Waals surface area contributed by atoms with Crippen LogP contribution in [0.2, 0.25) is 0 Å². The van der Waals surface area contributed by atoms with Gasteiger partial charge < -0.3 is 4.74 Å². The van der Waals surface area contributed by atoms with Crippen LogP contribution in [0.15, 0.2) is 74.5 Å². The Morgan fingerprint density at radius 3 is 2.37 bits per heavy atom. The van der Waals surface area contributed by atoms with E-state index >= 15 is 0 Å². The Bertz CT molecular complexity index is 1340. The third kappa shape index (κ3) is 5.80. The SMILES string of the molecule is O=C1SC(=Cc2cc(Br)c(OCc3ccc(F)cc3)c(Br)c2)C(=O)N1Cc1ccccc1[N+](=O)[O-]. The summed E-state index contributed by atoms with van der Waals surface area (Å²) in [6.45, 7) is 0.0318. The predicted octanol–water partition coefficient (Wildman–Crippen LogP) is 7.07. The first-order valence-electron chi connectivity index (χ1n) is 10.1. The van der Waals surface area contributed by atoms with E-state index in [-0.39, 0.29) is 35.1 Å². The number of halogens is 3. The predicted molar refractivity (Wildman–Crippen MR) is 137 cm³/mol. The molecule has 1 heterocycles. The number of amides is 2. The molecule has 0 unspecified atom stereocenters. The number of nitro groups is 1. The molecule has 1 saturated heterocycles. The van der Waals surface area contributed by atoms with Crippen molar-refractivity contribution in [3.63, 3.8) is 0 Å². The zero-order chi connectivity index (χ0) is 25.1. The van der Waals surface area contributed by atoms with Gasteiger partial charge in [0, 0.05) is 11.6 Å². The third-order valence-corrected chi connectivity index (χ3v) is 7.09. The van der Waals surface area contributed by atoms with E-state index in [1.165, 1.54) is 30.3 Å². The average molecular weight is 622 g/mol. The normalized spacial score (nSPS) is 14.6. The summed E-state index contributed by atoms with van der Waals surface area (Å²) in [6, 6.07) is 15.4. The first kappa shape index (κ1) is 25.1. The molecule has 3 aromatic rings. The second kappa shape index (κ2) is 10.7. The van der Waals surface area contributed by atoms with Crippen LogP contribution in [-0.2, 0) is 17.9 Å². The molecule has 3 aromatic carbocycles. The highest BCUT2D eigenvalue weighted by atomic mass is 79.9. The molecule has 7 nitrogen and oxygen atoms in total. The van der Waals surface area contributed by atoms with Gasteiger partial charge in [0.25, 0.3) is 16.8 Å². The molecule has 1 aliphatic rings. The van der Waals surface area contributed by atoms with Gasteiger partial charge >= 0.3 is 0 Å². The second-order valence-electron chi connectivity index (χ2n) is 7.38. The van der Waals surface area contributed by atoms with Crippen LogP contribution >= 0.6 is 43.6 Å². The number of imide groups is 1. The van der Waals surface area contributed by atoms with Crippen molar-refractivity contribution in [2.45, 2.75) is 13.2 Å². The molecule has 178 valence electrons. The summed E-state index contributed by atoms with van der Waals surface area (Å²) in [5, 5.41) is 10.8. The number of nitro benzene ring substituents is 1. The van der Waals surface area contributed by atoms with Crippen LogP contribution in [-0.4, -0.2) is 21.0 Å². The molecular weight excluding hydrogens is 607 g/mol. The second-order valence-corrected chi connectivity index (χ2v) is 10.1. The fraction of sp³-hybridized carbons (Fsp3) is 0.0833. The molecule has 0 bridgehead atoms. The van der Waals surface area contributed by atoms with E-state index in [1.54, 1.807) is 36.4 Å². The average Bonchev–Trinajstić information content (AvgIpc) is 3.07. The molecule has 0 radical (unpaired) electrons. The van der Waals surface area contributed by atoms with E-state index in [4.69, 9.17) is 4.74 Å². The zero-order valence-corrected chi connectivity index (χ0v) is 21.7. The van der Waals surface area contributed by atoms with Gasteiger partial charge in [-0.3, -0.25) is 24.6 Å². The van der Waals surface area contributed by atoms with Crippen molar-refractivity contribution in [3.8, 4) is 5.75 Å². The molecular formula is C24H15Br2FN2O5S. The van der Waals surface area contributed by atoms with Crippen molar-refractivity contribution in [1.82, 2.24) is 4.90 Å². The Morgan fingerprint density at radius 1 is 1.06 bits per heavy atom. The number of nitrogens with zero attached hydrogens (tertiary/aromatic N) is 2. The van der Waals surface area contributed by atoms with Crippen molar-refractivity contribution in [2.75, 3.05) is 0 Å². The van der Waals surface area contributed by atoms with Crippen LogP contribution in [0, 0.1) is 15.9 Å². The number of thioether (sulfide) groups is 1. The highest BCUT2D eigenvalue weighted by Gasteiger charge is 2.36. The Balaban J connectivity index is 1.51. The van der Waals surface area contributed by atoms with Crippen molar-refractivity contribution < 1.29 is 23.6 Å². The molecule has 0 saturated carbocycles. The maximum Gasteiger partial charge on any atom is 0.293 e. The Kier molecular flexibility index (Phi) is 7.68. The van der Waals surface area contributed by atoms with E-state index in [2.05, 4.69) is 31.9 Å². The quantitative estimate of drug-likeness (QED) is 0.159. The lowest BCUT2D eigenvalue weighted by molar-refractivity contribution is -0.385. The van der Waals surface area contributed by atoms with Crippen molar-refractivity contribution in [2.24, 2.45) is 0 Å². The maximum absolute atomic E-state index is 13.1. The van der Waals surface area contributed by atoms with Gasteiger partial charge in [0.2, 0.25) is 0 Å². The molecule has 0 spiro atoms. The van der Waals surface area contributed by atoms with Crippen LogP contribution < -0.4 is 4.74 Å². The third-order valence-electron chi connectivity index (χ3n) is 5.01. The van der Waals surface area contributed by atoms with Gasteiger partial charge in [0.15, 0.2) is 0 Å². The lowest BCUT2D eigenvalue weighted by atomic mass is 10.1. The minimum absolute atomic E-state index is 0.153. The van der Waals surface area contributed by atoms with E-state index in [0.717, 1.165) is 22.2 Å². The molecule has 0 atom stereocenters. The number of para-hydroxylation sites is 1. The molecule has 0 aliphatic carbocycles. The summed E-state index contributed by atoms with van der Waals surface area (Å²) < 4.78 is 20.2. The summed E-state index contributed by atoms with van der Waals surface area (Å²) >= 11 is 7.69. The van der Waals surface area contributed by atoms with Gasteiger partial charge in [0.05, 0.1) is 25.3 Å². The summed E-state index contributed by atoms with van der Waals surface area (Å²) in [5.74, 6) is -0.329. The molecule has 1 fully saturated rings. The number of hydrogen-bond donors (Lipinski definition) is 0. The summed E-state index contributed by atoms with van der Waals surface area (Å²) in [6.07, 6.45) is 1.57. The van der Waals surface area contributed by atoms with Crippen molar-refractivity contribution in [1.29, 1.82) is 0 Å². The van der Waals surface area contributed by atoms with Gasteiger partial charge in [-0.1, -0.05) is 30.3 Å². The number of carbonyl (C=O) groups is 2. The number of carbonyl (C=O) groups excluding carboxylic acids is 2. The Labute approximate surface area is 220 Å². The molecule has 1 aliphatic heterocycles. The highest BCUT2D eigenvalue weighted by Crippen LogP contribution is 2.38. The fourth-order valence-corrected chi connectivity index (χ4v) is 5.61. The maximum atomic E-state index is 13.1. The highest BCUT2D eigenvalue weighted by molar-refractivity contribution is 9.11. The summed E-state index contributed by atoms with van der Waals surface area (Å²) in [5.41, 5.74) is 1.55. The van der Waals surface area contributed by atoms with Crippen LogP contribution in [0.5, 0.6) is 5.75 Å². The van der Waals surface area contributed by atoms with Crippen LogP contribution in [0.25, 0.3) is 6.08 Å². The minimum atomic E-state index is -0.543. The number of hydrogen-bond acceptors (Lipinski definition) is 6. The van der Waals surface area contributed by atoms with Gasteiger partial charge in [-0.2, -0.15) is 0 Å². The number of rotatable bonds is 7. The first-order chi connectivity index (χ1) is 16.7. The molecule has 35 heavy (non-hydrogen) atoms. The van der Waals surface area contributed by atoms with Gasteiger partial charge in [0.1, 0.15) is 18.2 Å². The minimum Gasteiger partial charge on any atom is -0.487 e. The molecule has 11 heteroatoms. The van der Waals surface area contributed by atoms with E-state index < -0.39 is 16.1 Å². The monoisotopic (exact) mass is 620 g/mol. The van der Waals surface area contributed by atoms with E-state index in [1.807, 2.05) is 0 Å². The summed E-state index contributed by atoms with van der Waals surface area (Å²) in [7, 11) is 0. The lowest BCUT2D eigenvalue weighted by Crippen LogP contribution is -2.27. The topological polar surface area (TPSA) is 89.8 Å². The summed E-state index contributed by atoms with van der Waals surface area (Å²) in [4.78, 5) is 37.3. The standard InChI is InChI=1S/C24H15Br2FN2O5S/c25-18-9-15(10-19(26)22(18)34-13-14-5-7-17(27)8-6-14)11-21-23(30)28(24(31)35-21)12-16-3-1-2-4-20(16)29(32)33/h1-11H,12-13H2. The van der Waals surface area contributed by atoms with Gasteiger partial charge in [-0.05, 0) is 85.1 Å². The Morgan fingerprint density at radius 2 is 1.71 bits per heavy atom. The molecule has 2 amide bonds.